The molecule has 0 fully saturated rings. The van der Waals surface area contributed by atoms with Gasteiger partial charge in [-0.25, -0.2) is 0 Å². The van der Waals surface area contributed by atoms with E-state index in [0.29, 0.717) is 11.7 Å². The van der Waals surface area contributed by atoms with Gasteiger partial charge in [0.15, 0.2) is 5.78 Å². The van der Waals surface area contributed by atoms with E-state index in [4.69, 9.17) is 0 Å². The molecule has 0 bridgehead atoms. The Labute approximate surface area is 132 Å². The second kappa shape index (κ2) is 5.08. The summed E-state index contributed by atoms with van der Waals surface area (Å²) in [6.45, 7) is 2.21. The quantitative estimate of drug-likeness (QED) is 0.782. The van der Waals surface area contributed by atoms with Gasteiger partial charge in [-0.2, -0.15) is 0 Å². The van der Waals surface area contributed by atoms with Crippen molar-refractivity contribution in [3.05, 3.63) is 70.8 Å². The van der Waals surface area contributed by atoms with E-state index in [0.717, 1.165) is 37.7 Å². The molecule has 0 radical (unpaired) electrons. The molecule has 0 aliphatic heterocycles. The van der Waals surface area contributed by atoms with Crippen LogP contribution in [0.2, 0.25) is 0 Å². The summed E-state index contributed by atoms with van der Waals surface area (Å²) < 4.78 is 0. The summed E-state index contributed by atoms with van der Waals surface area (Å²) >= 11 is 0. The molecule has 2 aliphatic rings. The summed E-state index contributed by atoms with van der Waals surface area (Å²) in [4.78, 5) is 13.3. The molecule has 1 heteroatoms. The van der Waals surface area contributed by atoms with Gasteiger partial charge in [0, 0.05) is 11.0 Å². The Morgan fingerprint density at radius 3 is 2.55 bits per heavy atom. The van der Waals surface area contributed by atoms with Gasteiger partial charge in [-0.15, -0.1) is 0 Å². The summed E-state index contributed by atoms with van der Waals surface area (Å²) in [6.07, 6.45) is 5.24. The number of hydrogen-bond acceptors (Lipinski definition) is 1. The fourth-order valence-corrected chi connectivity index (χ4v) is 4.82. The zero-order chi connectivity index (χ0) is 15.2. The zero-order valence-electron chi connectivity index (χ0n) is 13.1. The van der Waals surface area contributed by atoms with Crippen LogP contribution in [0.15, 0.2) is 48.5 Å². The van der Waals surface area contributed by atoms with Gasteiger partial charge in [-0.1, -0.05) is 61.9 Å². The number of carbonyl (C=O) groups is 1. The first-order chi connectivity index (χ1) is 10.8. The SMILES string of the molecule is CCCC1(C2CCc3ccccc32)Cc2ccccc2C1=O. The van der Waals surface area contributed by atoms with Crippen molar-refractivity contribution < 1.29 is 4.79 Å². The lowest BCUT2D eigenvalue weighted by atomic mass is 9.67. The monoisotopic (exact) mass is 290 g/mol. The third-order valence-electron chi connectivity index (χ3n) is 5.72. The molecule has 0 saturated heterocycles. The molecule has 2 aromatic rings. The summed E-state index contributed by atoms with van der Waals surface area (Å²) in [6, 6.07) is 17.0. The maximum atomic E-state index is 13.3. The van der Waals surface area contributed by atoms with Crippen LogP contribution in [0.25, 0.3) is 0 Å². The second-order valence-corrected chi connectivity index (χ2v) is 6.86. The van der Waals surface area contributed by atoms with Gasteiger partial charge >= 0.3 is 0 Å². The third kappa shape index (κ3) is 1.81. The lowest BCUT2D eigenvalue weighted by molar-refractivity contribution is 0.0749. The number of benzene rings is 2. The number of carbonyl (C=O) groups excluding carboxylic acids is 1. The molecule has 0 amide bonds. The Morgan fingerprint density at radius 2 is 1.77 bits per heavy atom. The van der Waals surface area contributed by atoms with Crippen LogP contribution < -0.4 is 0 Å². The minimum atomic E-state index is -0.203. The van der Waals surface area contributed by atoms with E-state index < -0.39 is 0 Å². The first-order valence-electron chi connectivity index (χ1n) is 8.47. The van der Waals surface area contributed by atoms with Crippen LogP contribution >= 0.6 is 0 Å². The topological polar surface area (TPSA) is 17.1 Å². The standard InChI is InChI=1S/C21H22O/c1-2-13-21(14-16-8-4-6-10-18(16)20(21)22)19-12-11-15-7-3-5-9-17(15)19/h3-10,19H,2,11-14H2,1H3. The Morgan fingerprint density at radius 1 is 1.05 bits per heavy atom. The maximum Gasteiger partial charge on any atom is 0.170 e. The van der Waals surface area contributed by atoms with E-state index in [2.05, 4.69) is 43.3 Å². The number of aryl methyl sites for hydroxylation is 1. The van der Waals surface area contributed by atoms with E-state index in [1.807, 2.05) is 12.1 Å². The average Bonchev–Trinajstić information content (AvgIpc) is 3.09. The van der Waals surface area contributed by atoms with E-state index >= 15 is 0 Å². The predicted octanol–water partition coefficient (Wildman–Crippen LogP) is 4.94. The molecule has 0 aromatic heterocycles. The van der Waals surface area contributed by atoms with Crippen molar-refractivity contribution in [2.24, 2.45) is 5.41 Å². The molecular weight excluding hydrogens is 268 g/mol. The summed E-state index contributed by atoms with van der Waals surface area (Å²) in [7, 11) is 0. The molecule has 4 rings (SSSR count). The van der Waals surface area contributed by atoms with Gasteiger partial charge in [0.05, 0.1) is 0 Å². The van der Waals surface area contributed by atoms with Gasteiger partial charge in [0.1, 0.15) is 0 Å². The minimum Gasteiger partial charge on any atom is -0.294 e. The molecule has 2 aliphatic carbocycles. The molecule has 2 unspecified atom stereocenters. The molecule has 0 heterocycles. The van der Waals surface area contributed by atoms with Crippen LogP contribution in [0.1, 0.15) is 59.2 Å². The van der Waals surface area contributed by atoms with Crippen LogP contribution in [-0.4, -0.2) is 5.78 Å². The number of ketones is 1. The molecule has 0 saturated carbocycles. The molecular formula is C21H22O. The summed E-state index contributed by atoms with van der Waals surface area (Å²) in [5, 5.41) is 0. The number of fused-ring (bicyclic) bond motifs is 2. The van der Waals surface area contributed by atoms with Gasteiger partial charge < -0.3 is 0 Å². The Kier molecular flexibility index (Phi) is 3.18. The maximum absolute atomic E-state index is 13.3. The molecule has 0 spiro atoms. The van der Waals surface area contributed by atoms with Gasteiger partial charge in [0.25, 0.3) is 0 Å². The second-order valence-electron chi connectivity index (χ2n) is 6.86. The predicted molar refractivity (Wildman–Crippen MR) is 89.3 cm³/mol. The fourth-order valence-electron chi connectivity index (χ4n) is 4.82. The van der Waals surface area contributed by atoms with E-state index in [1.54, 1.807) is 0 Å². The lowest BCUT2D eigenvalue weighted by Gasteiger charge is -2.34. The number of Topliss-reactive ketones (excluding diaryl/α,β-unsaturated/α-hetero) is 1. The normalized spacial score (nSPS) is 26.0. The largest absolute Gasteiger partial charge is 0.294 e. The van der Waals surface area contributed by atoms with Crippen molar-refractivity contribution in [1.82, 2.24) is 0 Å². The van der Waals surface area contributed by atoms with Crippen molar-refractivity contribution in [2.75, 3.05) is 0 Å². The molecule has 2 atom stereocenters. The highest BCUT2D eigenvalue weighted by atomic mass is 16.1. The highest BCUT2D eigenvalue weighted by Crippen LogP contribution is 2.54. The first-order valence-corrected chi connectivity index (χ1v) is 8.47. The third-order valence-corrected chi connectivity index (χ3v) is 5.72. The zero-order valence-corrected chi connectivity index (χ0v) is 13.1. The molecule has 2 aromatic carbocycles. The van der Waals surface area contributed by atoms with Crippen LogP contribution in [0, 0.1) is 5.41 Å². The van der Waals surface area contributed by atoms with Crippen molar-refractivity contribution >= 4 is 5.78 Å². The minimum absolute atomic E-state index is 0.203. The van der Waals surface area contributed by atoms with Crippen LogP contribution in [0.3, 0.4) is 0 Å². The van der Waals surface area contributed by atoms with Gasteiger partial charge in [0.2, 0.25) is 0 Å². The van der Waals surface area contributed by atoms with Crippen LogP contribution in [0.5, 0.6) is 0 Å². The smallest absolute Gasteiger partial charge is 0.170 e. The van der Waals surface area contributed by atoms with Crippen LogP contribution in [-0.2, 0) is 12.8 Å². The van der Waals surface area contributed by atoms with Gasteiger partial charge in [-0.05, 0) is 48.3 Å². The summed E-state index contributed by atoms with van der Waals surface area (Å²) in [5.41, 5.74) is 4.90. The number of rotatable bonds is 3. The fraction of sp³-hybridized carbons (Fsp3) is 0.381. The van der Waals surface area contributed by atoms with Crippen molar-refractivity contribution in [3.63, 3.8) is 0 Å². The van der Waals surface area contributed by atoms with E-state index in [-0.39, 0.29) is 5.41 Å². The molecule has 112 valence electrons. The average molecular weight is 290 g/mol. The van der Waals surface area contributed by atoms with Crippen molar-refractivity contribution in [1.29, 1.82) is 0 Å². The Bertz CT molecular complexity index is 730. The molecule has 1 nitrogen and oxygen atoms in total. The highest BCUT2D eigenvalue weighted by Gasteiger charge is 2.51. The Hall–Kier alpha value is -1.89. The van der Waals surface area contributed by atoms with E-state index in [1.165, 1.54) is 16.7 Å². The van der Waals surface area contributed by atoms with Crippen LogP contribution in [0.4, 0.5) is 0 Å². The molecule has 0 N–H and O–H groups in total. The lowest BCUT2D eigenvalue weighted by Crippen LogP contribution is -2.34. The molecule has 22 heavy (non-hydrogen) atoms. The van der Waals surface area contributed by atoms with E-state index in [9.17, 15) is 4.79 Å². The highest BCUT2D eigenvalue weighted by molar-refractivity contribution is 6.05. The summed E-state index contributed by atoms with van der Waals surface area (Å²) in [5.74, 6) is 0.787. The van der Waals surface area contributed by atoms with Gasteiger partial charge in [-0.3, -0.25) is 4.79 Å². The van der Waals surface area contributed by atoms with Crippen molar-refractivity contribution in [2.45, 2.75) is 44.9 Å². The number of hydrogen-bond donors (Lipinski definition) is 0. The van der Waals surface area contributed by atoms with Crippen molar-refractivity contribution in [3.8, 4) is 0 Å². The first kappa shape index (κ1) is 13.8. The Balaban J connectivity index is 1.82.